The second kappa shape index (κ2) is 7.09. The van der Waals surface area contributed by atoms with E-state index in [1.54, 1.807) is 0 Å². The Morgan fingerprint density at radius 2 is 1.61 bits per heavy atom. The van der Waals surface area contributed by atoms with Crippen molar-refractivity contribution in [3.8, 4) is 0 Å². The molecule has 0 saturated carbocycles. The third-order valence-corrected chi connectivity index (χ3v) is 5.81. The van der Waals surface area contributed by atoms with Crippen LogP contribution in [0, 0.1) is 20.8 Å². The van der Waals surface area contributed by atoms with E-state index < -0.39 is 0 Å². The maximum atomic E-state index is 13.3. The summed E-state index contributed by atoms with van der Waals surface area (Å²) in [5.41, 5.74) is 5.38. The van der Waals surface area contributed by atoms with Gasteiger partial charge in [0.05, 0.1) is 11.3 Å². The van der Waals surface area contributed by atoms with Gasteiger partial charge in [0.2, 0.25) is 0 Å². The summed E-state index contributed by atoms with van der Waals surface area (Å²) < 4.78 is 0. The van der Waals surface area contributed by atoms with Gasteiger partial charge in [-0.3, -0.25) is 9.59 Å². The third kappa shape index (κ3) is 3.14. The zero-order valence-corrected chi connectivity index (χ0v) is 16.8. The van der Waals surface area contributed by atoms with Crippen LogP contribution in [0.15, 0.2) is 65.7 Å². The number of nitrogens with one attached hydrogen (secondary N) is 1. The lowest BCUT2D eigenvalue weighted by molar-refractivity contribution is -0.120. The average molecular weight is 388 g/mol. The highest BCUT2D eigenvalue weighted by Crippen LogP contribution is 2.36. The summed E-state index contributed by atoms with van der Waals surface area (Å²) in [7, 11) is 0. The van der Waals surface area contributed by atoms with Crippen molar-refractivity contribution in [1.29, 1.82) is 0 Å². The Hall–Kier alpha value is -3.18. The molecule has 0 radical (unpaired) electrons. The Labute approximate surface area is 168 Å². The molecule has 4 rings (SSSR count). The molecule has 0 unspecified atom stereocenters. The van der Waals surface area contributed by atoms with Gasteiger partial charge in [-0.05, 0) is 67.6 Å². The highest BCUT2D eigenvalue weighted by atomic mass is 32.1. The zero-order valence-electron chi connectivity index (χ0n) is 15.9. The molecule has 1 aromatic heterocycles. The fourth-order valence-electron chi connectivity index (χ4n) is 3.18. The second-order valence-corrected chi connectivity index (χ2v) is 7.88. The first-order valence-electron chi connectivity index (χ1n) is 9.03. The maximum absolute atomic E-state index is 13.3. The van der Waals surface area contributed by atoms with Gasteiger partial charge in [0.1, 0.15) is 5.70 Å². The van der Waals surface area contributed by atoms with E-state index >= 15 is 0 Å². The standard InChI is InChI=1S/C23H20N2O2S/c1-14-6-9-17(10-7-14)24-21-20(19-5-4-12-28-19)22(26)25(23(21)27)18-11-8-15(2)16(3)13-18/h4-13,24H,1-3H3. The number of amides is 2. The molecule has 1 aliphatic rings. The van der Waals surface area contributed by atoms with Crippen molar-refractivity contribution in [3.05, 3.63) is 87.2 Å². The van der Waals surface area contributed by atoms with Crippen molar-refractivity contribution in [2.75, 3.05) is 10.2 Å². The van der Waals surface area contributed by atoms with Crippen molar-refractivity contribution in [2.45, 2.75) is 20.8 Å². The van der Waals surface area contributed by atoms with Gasteiger partial charge >= 0.3 is 0 Å². The van der Waals surface area contributed by atoms with E-state index in [-0.39, 0.29) is 11.8 Å². The highest BCUT2D eigenvalue weighted by molar-refractivity contribution is 7.11. The lowest BCUT2D eigenvalue weighted by Gasteiger charge is -2.16. The van der Waals surface area contributed by atoms with Gasteiger partial charge in [-0.25, -0.2) is 4.90 Å². The zero-order chi connectivity index (χ0) is 19.8. The molecule has 0 atom stereocenters. The molecule has 0 saturated heterocycles. The molecule has 0 spiro atoms. The van der Waals surface area contributed by atoms with Crippen LogP contribution in [0.5, 0.6) is 0 Å². The summed E-state index contributed by atoms with van der Waals surface area (Å²) in [5, 5.41) is 5.09. The number of nitrogens with zero attached hydrogens (tertiary/aromatic N) is 1. The SMILES string of the molecule is Cc1ccc(NC2=C(c3cccs3)C(=O)N(c3ccc(C)c(C)c3)C2=O)cc1. The number of anilines is 2. The highest BCUT2D eigenvalue weighted by Gasteiger charge is 2.40. The number of benzene rings is 2. The number of hydrogen-bond acceptors (Lipinski definition) is 4. The lowest BCUT2D eigenvalue weighted by Crippen LogP contribution is -2.32. The second-order valence-electron chi connectivity index (χ2n) is 6.93. The van der Waals surface area contributed by atoms with Crippen molar-refractivity contribution in [3.63, 3.8) is 0 Å². The van der Waals surface area contributed by atoms with Crippen molar-refractivity contribution >= 4 is 40.1 Å². The Balaban J connectivity index is 1.79. The van der Waals surface area contributed by atoms with Crippen molar-refractivity contribution < 1.29 is 9.59 Å². The van der Waals surface area contributed by atoms with Crippen molar-refractivity contribution in [2.24, 2.45) is 0 Å². The van der Waals surface area contributed by atoms with Crippen molar-refractivity contribution in [1.82, 2.24) is 0 Å². The van der Waals surface area contributed by atoms with Crippen LogP contribution in [0.25, 0.3) is 5.57 Å². The van der Waals surface area contributed by atoms with Gasteiger partial charge in [-0.15, -0.1) is 11.3 Å². The van der Waals surface area contributed by atoms with E-state index in [9.17, 15) is 9.59 Å². The molecule has 2 amide bonds. The lowest BCUT2D eigenvalue weighted by atomic mass is 10.1. The number of carbonyl (C=O) groups is 2. The smallest absolute Gasteiger partial charge is 0.282 e. The summed E-state index contributed by atoms with van der Waals surface area (Å²) in [6.45, 7) is 5.99. The van der Waals surface area contributed by atoms with E-state index in [1.807, 2.05) is 80.7 Å². The van der Waals surface area contributed by atoms with E-state index in [2.05, 4.69) is 5.32 Å². The number of aryl methyl sites for hydroxylation is 3. The van der Waals surface area contributed by atoms with Crippen LogP contribution >= 0.6 is 11.3 Å². The first-order chi connectivity index (χ1) is 13.5. The van der Waals surface area contributed by atoms with E-state index in [4.69, 9.17) is 0 Å². The van der Waals surface area contributed by atoms with Gasteiger partial charge in [0.15, 0.2) is 0 Å². The summed E-state index contributed by atoms with van der Waals surface area (Å²) in [5.74, 6) is -0.637. The monoisotopic (exact) mass is 388 g/mol. The quantitative estimate of drug-likeness (QED) is 0.635. The summed E-state index contributed by atoms with van der Waals surface area (Å²) >= 11 is 1.45. The normalized spacial score (nSPS) is 14.2. The summed E-state index contributed by atoms with van der Waals surface area (Å²) in [4.78, 5) is 28.6. The van der Waals surface area contributed by atoms with Crippen LogP contribution < -0.4 is 10.2 Å². The summed E-state index contributed by atoms with van der Waals surface area (Å²) in [6, 6.07) is 17.1. The number of carbonyl (C=O) groups excluding carboxylic acids is 2. The molecule has 0 bridgehead atoms. The van der Waals surface area contributed by atoms with Gasteiger partial charge < -0.3 is 5.32 Å². The molecule has 0 fully saturated rings. The Kier molecular flexibility index (Phi) is 4.61. The molecular formula is C23H20N2O2S. The van der Waals surface area contributed by atoms with E-state index in [1.165, 1.54) is 16.2 Å². The number of imide groups is 1. The van der Waals surface area contributed by atoms with Gasteiger partial charge in [-0.1, -0.05) is 29.8 Å². The topological polar surface area (TPSA) is 49.4 Å². The molecular weight excluding hydrogens is 368 g/mol. The van der Waals surface area contributed by atoms with E-state index in [0.717, 1.165) is 27.3 Å². The number of rotatable bonds is 4. The van der Waals surface area contributed by atoms with Gasteiger partial charge in [0, 0.05) is 10.6 Å². The Bertz CT molecular complexity index is 1100. The molecule has 3 aromatic rings. The largest absolute Gasteiger partial charge is 0.350 e. The van der Waals surface area contributed by atoms with Gasteiger partial charge in [-0.2, -0.15) is 0 Å². The first kappa shape index (κ1) is 18.2. The molecule has 28 heavy (non-hydrogen) atoms. The fourth-order valence-corrected chi connectivity index (χ4v) is 3.94. The van der Waals surface area contributed by atoms with Gasteiger partial charge in [0.25, 0.3) is 11.8 Å². The minimum absolute atomic E-state index is 0.301. The fraction of sp³-hybridized carbons (Fsp3) is 0.130. The first-order valence-corrected chi connectivity index (χ1v) is 9.91. The average Bonchev–Trinajstić information content (AvgIpc) is 3.27. The van der Waals surface area contributed by atoms with Crippen LogP contribution in [0.4, 0.5) is 11.4 Å². The summed E-state index contributed by atoms with van der Waals surface area (Å²) in [6.07, 6.45) is 0. The molecule has 0 aliphatic carbocycles. The number of thiophene rings is 1. The molecule has 4 nitrogen and oxygen atoms in total. The Morgan fingerprint density at radius 3 is 2.25 bits per heavy atom. The minimum Gasteiger partial charge on any atom is -0.350 e. The molecule has 2 aromatic carbocycles. The molecule has 2 heterocycles. The molecule has 5 heteroatoms. The van der Waals surface area contributed by atoms with Crippen LogP contribution in [-0.4, -0.2) is 11.8 Å². The number of hydrogen-bond donors (Lipinski definition) is 1. The van der Waals surface area contributed by atoms with Crippen LogP contribution in [0.2, 0.25) is 0 Å². The van der Waals surface area contributed by atoms with Crippen LogP contribution in [-0.2, 0) is 9.59 Å². The van der Waals surface area contributed by atoms with Crippen LogP contribution in [0.1, 0.15) is 21.6 Å². The minimum atomic E-state index is -0.336. The Morgan fingerprint density at radius 1 is 0.857 bits per heavy atom. The molecule has 1 aliphatic heterocycles. The predicted octanol–water partition coefficient (Wildman–Crippen LogP) is 5.07. The predicted molar refractivity (Wildman–Crippen MR) is 114 cm³/mol. The maximum Gasteiger partial charge on any atom is 0.282 e. The molecule has 1 N–H and O–H groups in total. The third-order valence-electron chi connectivity index (χ3n) is 4.92. The van der Waals surface area contributed by atoms with E-state index in [0.29, 0.717) is 17.0 Å². The van der Waals surface area contributed by atoms with Crippen LogP contribution in [0.3, 0.4) is 0 Å². The molecule has 140 valence electrons.